The van der Waals surface area contributed by atoms with Crippen molar-refractivity contribution in [2.24, 2.45) is 4.99 Å². The van der Waals surface area contributed by atoms with Crippen molar-refractivity contribution < 1.29 is 9.90 Å². The van der Waals surface area contributed by atoms with Gasteiger partial charge >= 0.3 is 0 Å². The van der Waals surface area contributed by atoms with Crippen molar-refractivity contribution in [1.29, 1.82) is 5.26 Å². The molecule has 6 nitrogen and oxygen atoms in total. The van der Waals surface area contributed by atoms with Gasteiger partial charge in [0.2, 0.25) is 5.78 Å². The smallest absolute Gasteiger partial charge is 0.207 e. The van der Waals surface area contributed by atoms with Crippen LogP contribution in [0.1, 0.15) is 47.8 Å². The third-order valence-corrected chi connectivity index (χ3v) is 6.10. The number of pyridine rings is 1. The Balaban J connectivity index is 1.69. The van der Waals surface area contributed by atoms with Crippen LogP contribution < -0.4 is 5.32 Å². The van der Waals surface area contributed by atoms with Crippen molar-refractivity contribution in [1.82, 2.24) is 10.3 Å². The van der Waals surface area contributed by atoms with Gasteiger partial charge in [-0.25, -0.2) is 4.99 Å². The van der Waals surface area contributed by atoms with Crippen LogP contribution in [-0.4, -0.2) is 34.4 Å². The summed E-state index contributed by atoms with van der Waals surface area (Å²) >= 11 is 0. The number of rotatable bonds is 9. The van der Waals surface area contributed by atoms with Crippen LogP contribution >= 0.6 is 0 Å². The zero-order chi connectivity index (χ0) is 24.6. The van der Waals surface area contributed by atoms with Crippen LogP contribution in [0.2, 0.25) is 0 Å². The van der Waals surface area contributed by atoms with Crippen LogP contribution in [0, 0.1) is 11.3 Å². The highest BCUT2D eigenvalue weighted by Crippen LogP contribution is 2.28. The van der Waals surface area contributed by atoms with Crippen LogP contribution in [0.15, 0.2) is 89.2 Å². The van der Waals surface area contributed by atoms with E-state index in [9.17, 15) is 15.2 Å². The Bertz CT molecular complexity index is 1290. The second-order valence-corrected chi connectivity index (χ2v) is 8.48. The number of allylic oxidation sites excluding steroid dienone is 1. The highest BCUT2D eigenvalue weighted by molar-refractivity contribution is 6.04. The van der Waals surface area contributed by atoms with Crippen molar-refractivity contribution in [3.8, 4) is 17.2 Å². The van der Waals surface area contributed by atoms with Gasteiger partial charge in [0.25, 0.3) is 0 Å². The predicted octanol–water partition coefficient (Wildman–Crippen LogP) is 4.85. The van der Waals surface area contributed by atoms with Gasteiger partial charge < -0.3 is 10.4 Å². The van der Waals surface area contributed by atoms with E-state index in [1.807, 2.05) is 48.5 Å². The molecule has 1 aliphatic heterocycles. The number of benzene rings is 2. The molecule has 1 unspecified atom stereocenters. The van der Waals surface area contributed by atoms with E-state index in [1.165, 1.54) is 0 Å². The number of nitrogens with one attached hydrogen (secondary N) is 1. The molecule has 1 aliphatic rings. The summed E-state index contributed by atoms with van der Waals surface area (Å²) in [5, 5.41) is 22.4. The normalized spacial score (nSPS) is 15.2. The average Bonchev–Trinajstić information content (AvgIpc) is 2.92. The number of amidine groups is 1. The number of carbonyl (C=O) groups excluding carboxylic acids is 1. The average molecular weight is 465 g/mol. The molecule has 0 fully saturated rings. The Morgan fingerprint density at radius 1 is 1.09 bits per heavy atom. The van der Waals surface area contributed by atoms with E-state index in [-0.39, 0.29) is 12.4 Å². The Morgan fingerprint density at radius 2 is 1.86 bits per heavy atom. The highest BCUT2D eigenvalue weighted by Gasteiger charge is 2.31. The zero-order valence-corrected chi connectivity index (χ0v) is 19.7. The Hall–Kier alpha value is -4.08. The minimum Gasteiger partial charge on any atom is -0.388 e. The number of carbonyl (C=O) groups is 1. The molecule has 176 valence electrons. The number of ketones is 1. The fourth-order valence-electron chi connectivity index (χ4n) is 4.27. The Labute approximate surface area is 205 Å². The number of unbranched alkanes of at least 4 members (excludes halogenated alkanes) is 1. The van der Waals surface area contributed by atoms with Gasteiger partial charge in [0.15, 0.2) is 0 Å². The molecular weight excluding hydrogens is 436 g/mol. The molecule has 2 N–H and O–H groups in total. The van der Waals surface area contributed by atoms with E-state index in [0.717, 1.165) is 47.2 Å². The maximum absolute atomic E-state index is 13.5. The number of nitriles is 1. The van der Waals surface area contributed by atoms with E-state index in [1.54, 1.807) is 24.4 Å². The first kappa shape index (κ1) is 24.1. The maximum Gasteiger partial charge on any atom is 0.207 e. The molecule has 0 radical (unpaired) electrons. The first-order valence-corrected chi connectivity index (χ1v) is 11.8. The van der Waals surface area contributed by atoms with E-state index in [4.69, 9.17) is 0 Å². The fourth-order valence-corrected chi connectivity index (χ4v) is 4.27. The second-order valence-electron chi connectivity index (χ2n) is 8.48. The summed E-state index contributed by atoms with van der Waals surface area (Å²) < 4.78 is 0. The third-order valence-electron chi connectivity index (χ3n) is 6.10. The topological polar surface area (TPSA) is 98.4 Å². The van der Waals surface area contributed by atoms with Gasteiger partial charge in [-0.15, -0.1) is 0 Å². The number of aliphatic hydroxyl groups is 1. The maximum atomic E-state index is 13.5. The van der Waals surface area contributed by atoms with Crippen LogP contribution in [-0.2, 0) is 6.42 Å². The predicted molar refractivity (Wildman–Crippen MR) is 137 cm³/mol. The van der Waals surface area contributed by atoms with Crippen molar-refractivity contribution >= 4 is 11.6 Å². The molecule has 0 saturated carbocycles. The van der Waals surface area contributed by atoms with Gasteiger partial charge in [0.05, 0.1) is 11.6 Å². The lowest BCUT2D eigenvalue weighted by atomic mass is 9.89. The van der Waals surface area contributed by atoms with Crippen molar-refractivity contribution in [2.75, 3.05) is 6.61 Å². The van der Waals surface area contributed by atoms with Crippen LogP contribution in [0.4, 0.5) is 0 Å². The van der Waals surface area contributed by atoms with Gasteiger partial charge in [-0.05, 0) is 59.7 Å². The first-order chi connectivity index (χ1) is 17.1. The molecule has 1 atom stereocenters. The summed E-state index contributed by atoms with van der Waals surface area (Å²) in [7, 11) is 0. The minimum atomic E-state index is -0.643. The number of aliphatic imine (C=N–C) groups is 1. The van der Waals surface area contributed by atoms with E-state index >= 15 is 0 Å². The molecule has 35 heavy (non-hydrogen) atoms. The molecule has 3 aromatic rings. The number of Topliss-reactive ketones (excluding diaryl/α,β-unsaturated/α-hetero) is 1. The number of aromatic nitrogens is 1. The molecule has 0 spiro atoms. The van der Waals surface area contributed by atoms with Crippen molar-refractivity contribution in [2.45, 2.75) is 38.6 Å². The minimum absolute atomic E-state index is 0.144. The first-order valence-electron chi connectivity index (χ1n) is 11.8. The molecule has 2 aromatic carbocycles. The molecule has 0 saturated heterocycles. The third kappa shape index (κ3) is 5.53. The van der Waals surface area contributed by atoms with Crippen LogP contribution in [0.25, 0.3) is 11.1 Å². The Kier molecular flexibility index (Phi) is 7.81. The van der Waals surface area contributed by atoms with Gasteiger partial charge in [-0.1, -0.05) is 61.9 Å². The summed E-state index contributed by atoms with van der Waals surface area (Å²) in [4.78, 5) is 22.4. The summed E-state index contributed by atoms with van der Waals surface area (Å²) in [6, 6.07) is 22.5. The lowest BCUT2D eigenvalue weighted by Gasteiger charge is -2.28. The van der Waals surface area contributed by atoms with Gasteiger partial charge in [0, 0.05) is 11.9 Å². The summed E-state index contributed by atoms with van der Waals surface area (Å²) in [5.74, 6) is 0.257. The van der Waals surface area contributed by atoms with Gasteiger partial charge in [-0.2, -0.15) is 5.26 Å². The number of hydrogen-bond acceptors (Lipinski definition) is 6. The lowest BCUT2D eigenvalue weighted by Crippen LogP contribution is -2.47. The van der Waals surface area contributed by atoms with Gasteiger partial charge in [0.1, 0.15) is 24.2 Å². The van der Waals surface area contributed by atoms with E-state index < -0.39 is 6.04 Å². The second kappa shape index (κ2) is 11.4. The number of aliphatic hydroxyl groups excluding tert-OH is 1. The van der Waals surface area contributed by atoms with Crippen molar-refractivity contribution in [3.63, 3.8) is 0 Å². The quantitative estimate of drug-likeness (QED) is 0.441. The highest BCUT2D eigenvalue weighted by atomic mass is 16.3. The monoisotopic (exact) mass is 464 g/mol. The molecule has 1 aromatic heterocycles. The van der Waals surface area contributed by atoms with E-state index in [0.29, 0.717) is 23.5 Å². The molecule has 4 rings (SSSR count). The SMILES string of the molecule is CCCCC1=C(Cc2ccc(-c3ccccc3C#N)cc2)C(C(=O)c2ccccn2)NC(CO)=N1. The number of hydrogen-bond donors (Lipinski definition) is 2. The molecule has 0 aliphatic carbocycles. The van der Waals surface area contributed by atoms with Crippen LogP contribution in [0.5, 0.6) is 0 Å². The largest absolute Gasteiger partial charge is 0.388 e. The van der Waals surface area contributed by atoms with Crippen molar-refractivity contribution in [3.05, 3.63) is 101 Å². The summed E-state index contributed by atoms with van der Waals surface area (Å²) in [6.07, 6.45) is 4.82. The summed E-state index contributed by atoms with van der Waals surface area (Å²) in [5.41, 5.74) is 5.65. The molecule has 0 bridgehead atoms. The molecule has 0 amide bonds. The Morgan fingerprint density at radius 3 is 2.54 bits per heavy atom. The van der Waals surface area contributed by atoms with Crippen LogP contribution in [0.3, 0.4) is 0 Å². The lowest BCUT2D eigenvalue weighted by molar-refractivity contribution is 0.0959. The molecule has 6 heteroatoms. The zero-order valence-electron chi connectivity index (χ0n) is 19.7. The summed E-state index contributed by atoms with van der Waals surface area (Å²) in [6.45, 7) is 1.86. The van der Waals surface area contributed by atoms with E-state index in [2.05, 4.69) is 28.3 Å². The standard InChI is InChI=1S/C29H28N4O2/c1-2-3-10-25-24(28(33-27(19-34)32-25)29(35)26-11-6-7-16-31-26)17-20-12-14-21(15-13-20)23-9-5-4-8-22(23)18-30/h4-9,11-16,28,34H,2-3,10,17,19H2,1H3,(H,32,33). The fraction of sp³-hybridized carbons (Fsp3) is 0.241. The molecular formula is C29H28N4O2. The van der Waals surface area contributed by atoms with Gasteiger partial charge in [-0.3, -0.25) is 9.78 Å². The molecule has 2 heterocycles. The number of nitrogens with zero attached hydrogens (tertiary/aromatic N) is 3.